The number of ether oxygens (including phenoxy) is 1. The molecule has 0 fully saturated rings. The summed E-state index contributed by atoms with van der Waals surface area (Å²) < 4.78 is 6.27. The highest BCUT2D eigenvalue weighted by atomic mass is 16.5. The molecule has 0 aliphatic carbocycles. The zero-order valence-electron chi connectivity index (χ0n) is 17.0. The Balaban J connectivity index is 1.69. The van der Waals surface area contributed by atoms with Gasteiger partial charge in [-0.15, -0.1) is 0 Å². The first kappa shape index (κ1) is 20.7. The Morgan fingerprint density at radius 3 is 2.55 bits per heavy atom. The maximum atomic E-state index is 12.6. The molecule has 5 nitrogen and oxygen atoms in total. The third-order valence-corrected chi connectivity index (χ3v) is 4.85. The van der Waals surface area contributed by atoms with E-state index in [1.54, 1.807) is 11.9 Å². The van der Waals surface area contributed by atoms with Gasteiger partial charge in [-0.3, -0.25) is 4.79 Å². The van der Waals surface area contributed by atoms with Crippen molar-refractivity contribution in [3.63, 3.8) is 0 Å². The zero-order chi connectivity index (χ0) is 20.5. The van der Waals surface area contributed by atoms with Gasteiger partial charge in [0.2, 0.25) is 0 Å². The van der Waals surface area contributed by atoms with Crippen molar-refractivity contribution in [3.8, 4) is 0 Å². The molecule has 1 heterocycles. The number of amides is 1. The monoisotopic (exact) mass is 389 g/mol. The van der Waals surface area contributed by atoms with Gasteiger partial charge in [-0.25, -0.2) is 9.97 Å². The predicted octanol–water partition coefficient (Wildman–Crippen LogP) is 5.20. The fourth-order valence-electron chi connectivity index (χ4n) is 3.18. The summed E-state index contributed by atoms with van der Waals surface area (Å²) >= 11 is 0. The molecule has 0 spiro atoms. The van der Waals surface area contributed by atoms with E-state index in [-0.39, 0.29) is 12.0 Å². The van der Waals surface area contributed by atoms with Crippen LogP contribution in [0, 0.1) is 0 Å². The summed E-state index contributed by atoms with van der Waals surface area (Å²) in [5, 5.41) is 0. The van der Waals surface area contributed by atoms with Crippen molar-refractivity contribution in [2.45, 2.75) is 38.9 Å². The number of unbranched alkanes of at least 4 members (excludes halogenated alkanes) is 1. The van der Waals surface area contributed by atoms with Crippen LogP contribution in [0.25, 0.3) is 0 Å². The van der Waals surface area contributed by atoms with E-state index < -0.39 is 0 Å². The quantitative estimate of drug-likeness (QED) is 0.505. The molecule has 0 N–H and O–H groups in total. The van der Waals surface area contributed by atoms with Crippen molar-refractivity contribution in [3.05, 3.63) is 90.0 Å². The molecule has 0 aliphatic rings. The van der Waals surface area contributed by atoms with Gasteiger partial charge >= 0.3 is 0 Å². The Labute approximate surface area is 172 Å². The van der Waals surface area contributed by atoms with E-state index >= 15 is 0 Å². The minimum atomic E-state index is -0.145. The zero-order valence-corrected chi connectivity index (χ0v) is 17.0. The normalized spacial score (nSPS) is 11.8. The van der Waals surface area contributed by atoms with Crippen LogP contribution in [0.3, 0.4) is 0 Å². The van der Waals surface area contributed by atoms with Crippen molar-refractivity contribution in [1.29, 1.82) is 0 Å². The third kappa shape index (κ3) is 5.72. The van der Waals surface area contributed by atoms with E-state index in [1.807, 2.05) is 42.5 Å². The molecule has 1 atom stereocenters. The third-order valence-electron chi connectivity index (χ3n) is 4.85. The van der Waals surface area contributed by atoms with Crippen molar-refractivity contribution >= 4 is 11.6 Å². The molecule has 0 aliphatic heterocycles. The molecule has 1 unspecified atom stereocenters. The Morgan fingerprint density at radius 1 is 1.07 bits per heavy atom. The number of aromatic nitrogens is 2. The average molecular weight is 389 g/mol. The lowest BCUT2D eigenvalue weighted by Gasteiger charge is -2.20. The molecule has 0 saturated carbocycles. The van der Waals surface area contributed by atoms with E-state index in [0.29, 0.717) is 12.2 Å². The number of benzene rings is 2. The lowest BCUT2D eigenvalue weighted by Crippen LogP contribution is -2.26. The molecule has 1 aromatic heterocycles. The number of hydrogen-bond donors (Lipinski definition) is 0. The van der Waals surface area contributed by atoms with Gasteiger partial charge in [0, 0.05) is 25.1 Å². The second kappa shape index (κ2) is 10.5. The number of hydrogen-bond acceptors (Lipinski definition) is 4. The second-order valence-corrected chi connectivity index (χ2v) is 7.01. The molecule has 2 aromatic carbocycles. The van der Waals surface area contributed by atoms with Crippen LogP contribution < -0.4 is 4.90 Å². The lowest BCUT2D eigenvalue weighted by molar-refractivity contribution is 0.0324. The number of carbonyl (C=O) groups is 1. The van der Waals surface area contributed by atoms with Gasteiger partial charge < -0.3 is 9.64 Å². The summed E-state index contributed by atoms with van der Waals surface area (Å²) in [4.78, 5) is 22.1. The fourth-order valence-corrected chi connectivity index (χ4v) is 3.18. The first-order valence-corrected chi connectivity index (χ1v) is 9.97. The second-order valence-electron chi connectivity index (χ2n) is 7.01. The maximum absolute atomic E-state index is 12.6. The summed E-state index contributed by atoms with van der Waals surface area (Å²) in [5.41, 5.74) is 3.50. The summed E-state index contributed by atoms with van der Waals surface area (Å²) in [6.07, 6.45) is 7.78. The van der Waals surface area contributed by atoms with E-state index in [1.165, 1.54) is 24.3 Å². The Morgan fingerprint density at radius 2 is 1.83 bits per heavy atom. The van der Waals surface area contributed by atoms with Crippen LogP contribution >= 0.6 is 0 Å². The fraction of sp³-hybridized carbons (Fsp3) is 0.292. The predicted molar refractivity (Wildman–Crippen MR) is 115 cm³/mol. The molecule has 150 valence electrons. The Bertz CT molecular complexity index is 900. The van der Waals surface area contributed by atoms with Gasteiger partial charge in [0.1, 0.15) is 6.33 Å². The first-order chi connectivity index (χ1) is 14.2. The van der Waals surface area contributed by atoms with Crippen LogP contribution in [0.4, 0.5) is 5.69 Å². The van der Waals surface area contributed by atoms with Gasteiger partial charge in [-0.1, -0.05) is 62.2 Å². The molecule has 0 saturated heterocycles. The van der Waals surface area contributed by atoms with E-state index in [2.05, 4.69) is 29.0 Å². The molecule has 29 heavy (non-hydrogen) atoms. The lowest BCUT2D eigenvalue weighted by atomic mass is 10.0. The molecular weight excluding hydrogens is 362 g/mol. The SMILES string of the molecule is CCCCC(OCc1cccc(N(C)C(=O)c2cncnc2)c1)c1ccccc1. The summed E-state index contributed by atoms with van der Waals surface area (Å²) in [6.45, 7) is 2.68. The van der Waals surface area contributed by atoms with Gasteiger partial charge in [-0.05, 0) is 29.7 Å². The van der Waals surface area contributed by atoms with Crippen molar-refractivity contribution in [2.24, 2.45) is 0 Å². The molecule has 0 radical (unpaired) electrons. The van der Waals surface area contributed by atoms with Crippen LogP contribution in [0.2, 0.25) is 0 Å². The Kier molecular flexibility index (Phi) is 7.47. The molecule has 1 amide bonds. The summed E-state index contributed by atoms with van der Waals surface area (Å²) in [6, 6.07) is 18.2. The van der Waals surface area contributed by atoms with Crippen LogP contribution in [-0.4, -0.2) is 22.9 Å². The van der Waals surface area contributed by atoms with Crippen molar-refractivity contribution in [2.75, 3.05) is 11.9 Å². The van der Waals surface area contributed by atoms with Crippen LogP contribution in [0.1, 0.15) is 53.8 Å². The highest BCUT2D eigenvalue weighted by Gasteiger charge is 2.15. The van der Waals surface area contributed by atoms with Gasteiger partial charge in [0.15, 0.2) is 0 Å². The smallest absolute Gasteiger partial charge is 0.261 e. The first-order valence-electron chi connectivity index (χ1n) is 9.97. The van der Waals surface area contributed by atoms with Gasteiger partial charge in [0.05, 0.1) is 18.3 Å². The number of nitrogens with zero attached hydrogens (tertiary/aromatic N) is 3. The topological polar surface area (TPSA) is 55.3 Å². The summed E-state index contributed by atoms with van der Waals surface area (Å²) in [7, 11) is 1.75. The highest BCUT2D eigenvalue weighted by Crippen LogP contribution is 2.26. The van der Waals surface area contributed by atoms with Crippen LogP contribution in [0.5, 0.6) is 0 Å². The highest BCUT2D eigenvalue weighted by molar-refractivity contribution is 6.05. The molecule has 3 rings (SSSR count). The number of anilines is 1. The average Bonchev–Trinajstić information content (AvgIpc) is 2.79. The van der Waals surface area contributed by atoms with E-state index in [4.69, 9.17) is 4.74 Å². The maximum Gasteiger partial charge on any atom is 0.261 e. The molecule has 3 aromatic rings. The molecular formula is C24H27N3O2. The van der Waals surface area contributed by atoms with Crippen LogP contribution in [0.15, 0.2) is 73.3 Å². The van der Waals surface area contributed by atoms with Gasteiger partial charge in [-0.2, -0.15) is 0 Å². The van der Waals surface area contributed by atoms with Crippen molar-refractivity contribution in [1.82, 2.24) is 9.97 Å². The van der Waals surface area contributed by atoms with E-state index in [9.17, 15) is 4.79 Å². The number of carbonyl (C=O) groups excluding carboxylic acids is 1. The van der Waals surface area contributed by atoms with Gasteiger partial charge in [0.25, 0.3) is 5.91 Å². The Hall–Kier alpha value is -3.05. The minimum Gasteiger partial charge on any atom is -0.369 e. The molecule has 5 heteroatoms. The number of rotatable bonds is 9. The van der Waals surface area contributed by atoms with Crippen LogP contribution in [-0.2, 0) is 11.3 Å². The molecule has 0 bridgehead atoms. The van der Waals surface area contributed by atoms with E-state index in [0.717, 1.165) is 30.5 Å². The minimum absolute atomic E-state index is 0.0700. The summed E-state index contributed by atoms with van der Waals surface area (Å²) in [5.74, 6) is -0.145. The standard InChI is InChI=1S/C24H27N3O2/c1-3-4-13-23(20-10-6-5-7-11-20)29-17-19-9-8-12-22(14-19)27(2)24(28)21-15-25-18-26-16-21/h5-12,14-16,18,23H,3-4,13,17H2,1-2H3. The largest absolute Gasteiger partial charge is 0.369 e. The van der Waals surface area contributed by atoms with Crippen molar-refractivity contribution < 1.29 is 9.53 Å².